The van der Waals surface area contributed by atoms with Crippen molar-refractivity contribution in [3.05, 3.63) is 35.5 Å². The number of ether oxygens (including phenoxy) is 6. The van der Waals surface area contributed by atoms with Crippen LogP contribution in [0.3, 0.4) is 0 Å². The molecule has 0 bridgehead atoms. The SMILES string of the molecule is C=CC(C)(C)OC[C@@H]1O[C@H](O[C@@H]2C3=C([C@H](C)COC(C)=O)C[C@H](O)[C@]3(C)/C=C3/[C@@H](COC)CC[C@H]3[C@@H](C)[C@H]2O)[C@@H](O)[C@@H](O)[C@@H]1OC(C)=O. The maximum absolute atomic E-state index is 12.2. The first-order valence-electron chi connectivity index (χ1n) is 17.0. The number of carbonyl (C=O) groups excluding carboxylic acids is 2. The zero-order valence-corrected chi connectivity index (χ0v) is 29.6. The molecule has 272 valence electrons. The highest BCUT2D eigenvalue weighted by Gasteiger charge is 2.56. The highest BCUT2D eigenvalue weighted by molar-refractivity contribution is 5.66. The molecule has 0 spiro atoms. The molecule has 2 fully saturated rings. The fraction of sp³-hybridized carbons (Fsp3) is 0.778. The number of fused-ring (bicyclic) bond motifs is 2. The van der Waals surface area contributed by atoms with Gasteiger partial charge < -0.3 is 48.8 Å². The van der Waals surface area contributed by atoms with E-state index in [1.165, 1.54) is 13.8 Å². The van der Waals surface area contributed by atoms with Crippen LogP contribution in [-0.2, 0) is 38.0 Å². The van der Waals surface area contributed by atoms with Crippen molar-refractivity contribution in [1.29, 1.82) is 0 Å². The van der Waals surface area contributed by atoms with Gasteiger partial charge in [0.05, 0.1) is 37.6 Å². The van der Waals surface area contributed by atoms with Gasteiger partial charge in [-0.1, -0.05) is 37.1 Å². The summed E-state index contributed by atoms with van der Waals surface area (Å²) in [5.41, 5.74) is 0.750. The summed E-state index contributed by atoms with van der Waals surface area (Å²) in [4.78, 5) is 23.7. The number of rotatable bonds is 12. The van der Waals surface area contributed by atoms with E-state index in [-0.39, 0.29) is 43.3 Å². The van der Waals surface area contributed by atoms with E-state index in [4.69, 9.17) is 28.4 Å². The number of aliphatic hydroxyl groups is 4. The molecule has 1 saturated carbocycles. The fourth-order valence-electron chi connectivity index (χ4n) is 7.89. The first-order valence-corrected chi connectivity index (χ1v) is 17.0. The molecule has 12 nitrogen and oxygen atoms in total. The molecule has 0 aromatic heterocycles. The summed E-state index contributed by atoms with van der Waals surface area (Å²) in [7, 11) is 1.66. The molecule has 0 radical (unpaired) electrons. The first-order chi connectivity index (χ1) is 22.4. The van der Waals surface area contributed by atoms with E-state index < -0.39 is 72.0 Å². The second kappa shape index (κ2) is 15.4. The molecule has 1 saturated heterocycles. The molecule has 4 aliphatic rings. The van der Waals surface area contributed by atoms with Crippen molar-refractivity contribution in [3.8, 4) is 0 Å². The molecule has 4 rings (SSSR count). The molecule has 0 aromatic rings. The molecule has 48 heavy (non-hydrogen) atoms. The van der Waals surface area contributed by atoms with E-state index in [2.05, 4.69) is 12.7 Å². The third-order valence-electron chi connectivity index (χ3n) is 10.8. The van der Waals surface area contributed by atoms with Crippen LogP contribution in [0.4, 0.5) is 0 Å². The van der Waals surface area contributed by atoms with Gasteiger partial charge in [-0.15, -0.1) is 6.58 Å². The van der Waals surface area contributed by atoms with E-state index in [0.29, 0.717) is 12.2 Å². The van der Waals surface area contributed by atoms with Gasteiger partial charge in [-0.05, 0) is 57.4 Å². The van der Waals surface area contributed by atoms with E-state index in [9.17, 15) is 30.0 Å². The van der Waals surface area contributed by atoms with Gasteiger partial charge >= 0.3 is 11.9 Å². The van der Waals surface area contributed by atoms with Gasteiger partial charge in [0.1, 0.15) is 24.4 Å². The molecule has 1 heterocycles. The minimum absolute atomic E-state index is 0.0160. The average Bonchev–Trinajstić information content (AvgIpc) is 3.52. The van der Waals surface area contributed by atoms with Crippen molar-refractivity contribution in [2.45, 2.75) is 122 Å². The third-order valence-corrected chi connectivity index (χ3v) is 10.8. The Morgan fingerprint density at radius 3 is 2.40 bits per heavy atom. The number of hydrogen-bond donors (Lipinski definition) is 4. The highest BCUT2D eigenvalue weighted by Crippen LogP contribution is 2.56. The quantitative estimate of drug-likeness (QED) is 0.176. The lowest BCUT2D eigenvalue weighted by molar-refractivity contribution is -0.320. The van der Waals surface area contributed by atoms with Crippen LogP contribution in [0.1, 0.15) is 67.7 Å². The molecule has 0 amide bonds. The summed E-state index contributed by atoms with van der Waals surface area (Å²) in [6, 6.07) is 0. The van der Waals surface area contributed by atoms with E-state index in [1.54, 1.807) is 27.0 Å². The van der Waals surface area contributed by atoms with Crippen molar-refractivity contribution in [2.24, 2.45) is 29.1 Å². The van der Waals surface area contributed by atoms with E-state index >= 15 is 0 Å². The molecule has 12 heteroatoms. The van der Waals surface area contributed by atoms with Crippen LogP contribution in [0.2, 0.25) is 0 Å². The van der Waals surface area contributed by atoms with Crippen LogP contribution < -0.4 is 0 Å². The van der Waals surface area contributed by atoms with Crippen molar-refractivity contribution < 1.29 is 58.4 Å². The summed E-state index contributed by atoms with van der Waals surface area (Å²) in [6.45, 7) is 16.1. The lowest BCUT2D eigenvalue weighted by Crippen LogP contribution is -2.62. The molecular weight excluding hydrogens is 624 g/mol. The second-order valence-corrected chi connectivity index (χ2v) is 14.7. The lowest BCUT2D eigenvalue weighted by atomic mass is 9.68. The van der Waals surface area contributed by atoms with Crippen molar-refractivity contribution in [2.75, 3.05) is 26.9 Å². The highest BCUT2D eigenvalue weighted by atomic mass is 16.7. The summed E-state index contributed by atoms with van der Waals surface area (Å²) in [6.07, 6.45) is -4.53. The van der Waals surface area contributed by atoms with E-state index in [0.717, 1.165) is 24.0 Å². The predicted octanol–water partition coefficient (Wildman–Crippen LogP) is 2.61. The minimum atomic E-state index is -1.67. The van der Waals surface area contributed by atoms with Crippen LogP contribution in [0, 0.1) is 29.1 Å². The van der Waals surface area contributed by atoms with Gasteiger partial charge in [-0.3, -0.25) is 9.59 Å². The standard InChI is InChI=1S/C36H56O12/c1-10-35(6,7)45-17-26-32(46-21(5)38)30(41)31(42)34(47-26)48-33-28-24(18(2)15-44-20(4)37)13-27(39)36(28,8)14-25-22(16-43-9)11-12-23(25)19(3)29(33)40/h10,14,18-19,22-23,26-27,29-34,39-42H,1,11-13,15-17H2,2-9H3/b25-14-/t18-,19-,22-,23+,26+,27+,29-,30-,31+,32-,33-,34-,36+/m1/s1. The van der Waals surface area contributed by atoms with Gasteiger partial charge in [-0.2, -0.15) is 0 Å². The maximum atomic E-state index is 12.2. The summed E-state index contributed by atoms with van der Waals surface area (Å²) in [5.74, 6) is -1.65. The molecule has 4 N–H and O–H groups in total. The number of esters is 2. The van der Waals surface area contributed by atoms with Gasteiger partial charge in [0.15, 0.2) is 12.4 Å². The van der Waals surface area contributed by atoms with Crippen molar-refractivity contribution >= 4 is 11.9 Å². The number of methoxy groups -OCH3 is 1. The Kier molecular flexibility index (Phi) is 12.4. The Hall–Kier alpha value is -2.16. The molecule has 1 aliphatic heterocycles. The Bertz CT molecular complexity index is 1240. The Balaban J connectivity index is 1.80. The lowest BCUT2D eigenvalue weighted by Gasteiger charge is -2.47. The number of hydrogen-bond acceptors (Lipinski definition) is 12. The summed E-state index contributed by atoms with van der Waals surface area (Å²) in [5, 5.41) is 46.6. The van der Waals surface area contributed by atoms with Gasteiger partial charge in [0.25, 0.3) is 0 Å². The zero-order valence-electron chi connectivity index (χ0n) is 29.6. The van der Waals surface area contributed by atoms with Crippen LogP contribution in [0.25, 0.3) is 0 Å². The fourth-order valence-corrected chi connectivity index (χ4v) is 7.89. The zero-order chi connectivity index (χ0) is 35.7. The Morgan fingerprint density at radius 1 is 1.10 bits per heavy atom. The summed E-state index contributed by atoms with van der Waals surface area (Å²) < 4.78 is 35.1. The molecule has 0 aromatic carbocycles. The summed E-state index contributed by atoms with van der Waals surface area (Å²) >= 11 is 0. The van der Waals surface area contributed by atoms with Crippen molar-refractivity contribution in [3.63, 3.8) is 0 Å². The van der Waals surface area contributed by atoms with Crippen LogP contribution in [-0.4, -0.2) is 114 Å². The monoisotopic (exact) mass is 680 g/mol. The second-order valence-electron chi connectivity index (χ2n) is 14.7. The molecule has 0 unspecified atom stereocenters. The Labute approximate surface area is 284 Å². The molecule has 3 aliphatic carbocycles. The van der Waals surface area contributed by atoms with Gasteiger partial charge in [0.2, 0.25) is 0 Å². The third kappa shape index (κ3) is 7.91. The first kappa shape index (κ1) is 38.6. The normalized spacial score (nSPS) is 40.2. The minimum Gasteiger partial charge on any atom is -0.465 e. The largest absolute Gasteiger partial charge is 0.465 e. The molecular formula is C36H56O12. The average molecular weight is 681 g/mol. The predicted molar refractivity (Wildman–Crippen MR) is 174 cm³/mol. The van der Waals surface area contributed by atoms with Crippen LogP contribution in [0.15, 0.2) is 35.5 Å². The van der Waals surface area contributed by atoms with Crippen LogP contribution in [0.5, 0.6) is 0 Å². The Morgan fingerprint density at radius 2 is 1.79 bits per heavy atom. The van der Waals surface area contributed by atoms with Crippen molar-refractivity contribution in [1.82, 2.24) is 0 Å². The molecule has 13 atom stereocenters. The van der Waals surface area contributed by atoms with Gasteiger partial charge in [-0.25, -0.2) is 0 Å². The van der Waals surface area contributed by atoms with E-state index in [1.807, 2.05) is 20.8 Å². The topological polar surface area (TPSA) is 170 Å². The maximum Gasteiger partial charge on any atom is 0.303 e. The van der Waals surface area contributed by atoms with Gasteiger partial charge in [0, 0.05) is 38.2 Å². The smallest absolute Gasteiger partial charge is 0.303 e. The number of carbonyl (C=O) groups is 2. The number of aliphatic hydroxyl groups excluding tert-OH is 4. The van der Waals surface area contributed by atoms with Crippen LogP contribution >= 0.6 is 0 Å².